The van der Waals surface area contributed by atoms with Gasteiger partial charge in [0, 0.05) is 6.04 Å². The molecule has 0 saturated carbocycles. The molecule has 1 unspecified atom stereocenters. The fraction of sp³-hybridized carbons (Fsp3) is 1.00. The monoisotopic (exact) mass is 148 g/mol. The van der Waals surface area contributed by atoms with Crippen molar-refractivity contribution in [1.82, 2.24) is 5.01 Å². The van der Waals surface area contributed by atoms with Crippen LogP contribution in [0.25, 0.3) is 0 Å². The fourth-order valence-corrected chi connectivity index (χ4v) is 0.555. The summed E-state index contributed by atoms with van der Waals surface area (Å²) in [7, 11) is 1.48. The Kier molecular flexibility index (Phi) is 3.48. The molecule has 60 valence electrons. The highest BCUT2D eigenvalue weighted by Crippen LogP contribution is 1.85. The van der Waals surface area contributed by atoms with Gasteiger partial charge in [0.25, 0.3) is 0 Å². The maximum atomic E-state index is 10.4. The molecule has 0 aromatic carbocycles. The number of nitrogens with two attached hydrogens (primary N) is 1. The zero-order chi connectivity index (χ0) is 8.15. The van der Waals surface area contributed by atoms with Crippen LogP contribution in [0.3, 0.4) is 0 Å². The smallest absolute Gasteiger partial charge is 0.230 e. The van der Waals surface area contributed by atoms with Gasteiger partial charge in [-0.2, -0.15) is 0 Å². The van der Waals surface area contributed by atoms with Crippen molar-refractivity contribution >= 4 is 0 Å². The molecule has 0 spiro atoms. The van der Waals surface area contributed by atoms with E-state index < -0.39 is 0 Å². The van der Waals surface area contributed by atoms with Gasteiger partial charge in [0.2, 0.25) is 5.28 Å². The van der Waals surface area contributed by atoms with Crippen LogP contribution >= 0.6 is 0 Å². The third-order valence-electron chi connectivity index (χ3n) is 0.921. The first-order valence-corrected chi connectivity index (χ1v) is 2.86. The van der Waals surface area contributed by atoms with Crippen molar-refractivity contribution in [1.29, 1.82) is 0 Å². The zero-order valence-corrected chi connectivity index (χ0v) is 6.06. The van der Waals surface area contributed by atoms with Gasteiger partial charge < -0.3 is 16.1 Å². The van der Waals surface area contributed by atoms with Crippen LogP contribution in [0.5, 0.6) is 0 Å². The molecule has 0 aromatic heterocycles. The Balaban J connectivity index is 3.73. The predicted octanol–water partition coefficient (Wildman–Crippen LogP) is -0.468. The molecule has 0 aliphatic heterocycles. The van der Waals surface area contributed by atoms with Crippen molar-refractivity contribution in [2.24, 2.45) is 11.0 Å². The van der Waals surface area contributed by atoms with E-state index in [0.29, 0.717) is 6.54 Å². The topological polar surface area (TPSA) is 87.9 Å². The number of hydrogen-bond acceptors (Lipinski definition) is 3. The Morgan fingerprint density at radius 1 is 1.90 bits per heavy atom. The SMILES string of the molecule is CC(N)CN(C)/[N+]([O-])=N/O. The molecule has 0 heterocycles. The molecule has 0 saturated heterocycles. The minimum Gasteiger partial charge on any atom is -0.569 e. The fourth-order valence-electron chi connectivity index (χ4n) is 0.555. The van der Waals surface area contributed by atoms with Crippen LogP contribution in [0.4, 0.5) is 0 Å². The molecule has 1 atom stereocenters. The first-order valence-electron chi connectivity index (χ1n) is 2.86. The van der Waals surface area contributed by atoms with Gasteiger partial charge in [-0.3, -0.25) is 0 Å². The first kappa shape index (κ1) is 8.96. The average molecular weight is 148 g/mol. The summed E-state index contributed by atoms with van der Waals surface area (Å²) in [4.78, 5) is 0.0728. The Labute approximate surface area is 59.1 Å². The van der Waals surface area contributed by atoms with Crippen molar-refractivity contribution < 1.29 is 10.2 Å². The van der Waals surface area contributed by atoms with Crippen LogP contribution in [0.2, 0.25) is 0 Å². The lowest BCUT2D eigenvalue weighted by Gasteiger charge is -2.13. The van der Waals surface area contributed by atoms with E-state index in [1.807, 2.05) is 0 Å². The van der Waals surface area contributed by atoms with E-state index in [1.165, 1.54) is 7.05 Å². The van der Waals surface area contributed by atoms with Gasteiger partial charge >= 0.3 is 0 Å². The van der Waals surface area contributed by atoms with Gasteiger partial charge in [-0.1, -0.05) is 0 Å². The quantitative estimate of drug-likeness (QED) is 0.322. The second kappa shape index (κ2) is 3.89. The second-order valence-electron chi connectivity index (χ2n) is 2.16. The minimum atomic E-state index is -0.122. The normalized spacial score (nSPS) is 14.9. The maximum absolute atomic E-state index is 10.4. The van der Waals surface area contributed by atoms with Crippen molar-refractivity contribution in [3.05, 3.63) is 5.21 Å². The molecule has 0 radical (unpaired) electrons. The molecule has 0 aromatic rings. The molecule has 0 rings (SSSR count). The Bertz CT molecular complexity index is 124. The lowest BCUT2D eigenvalue weighted by Crippen LogP contribution is -2.36. The van der Waals surface area contributed by atoms with Gasteiger partial charge in [0.05, 0.1) is 18.6 Å². The molecule has 6 heteroatoms. The highest BCUT2D eigenvalue weighted by Gasteiger charge is 2.07. The summed E-state index contributed by atoms with van der Waals surface area (Å²) in [5.74, 6) is 0. The molecule has 10 heavy (non-hydrogen) atoms. The molecule has 0 bridgehead atoms. The Hall–Kier alpha value is -1.04. The molecule has 0 amide bonds. The van der Waals surface area contributed by atoms with E-state index in [9.17, 15) is 5.21 Å². The van der Waals surface area contributed by atoms with Crippen LogP contribution in [0.1, 0.15) is 6.92 Å². The van der Waals surface area contributed by atoms with E-state index >= 15 is 0 Å². The highest BCUT2D eigenvalue weighted by atomic mass is 16.6. The first-order chi connectivity index (χ1) is 4.57. The molecule has 0 aliphatic rings. The van der Waals surface area contributed by atoms with E-state index in [0.717, 1.165) is 5.01 Å². The third kappa shape index (κ3) is 3.08. The van der Waals surface area contributed by atoms with E-state index in [-0.39, 0.29) is 11.0 Å². The van der Waals surface area contributed by atoms with Crippen LogP contribution in [0.15, 0.2) is 5.28 Å². The van der Waals surface area contributed by atoms with Crippen LogP contribution < -0.4 is 5.73 Å². The summed E-state index contributed by atoms with van der Waals surface area (Å²) in [5.41, 5.74) is 5.36. The second-order valence-corrected chi connectivity index (χ2v) is 2.16. The maximum Gasteiger partial charge on any atom is 0.230 e. The summed E-state index contributed by atoms with van der Waals surface area (Å²) < 4.78 is 0. The number of hydrazine groups is 1. The van der Waals surface area contributed by atoms with Gasteiger partial charge in [-0.15, -0.1) is 5.01 Å². The van der Waals surface area contributed by atoms with Gasteiger partial charge in [0.1, 0.15) is 0 Å². The van der Waals surface area contributed by atoms with Crippen LogP contribution in [-0.2, 0) is 0 Å². The molecule has 3 N–H and O–H groups in total. The summed E-state index contributed by atoms with van der Waals surface area (Å²) >= 11 is 0. The standard InChI is InChI=1S/C4H12N4O2/c1-4(5)3-7(2)8(10)6-9/h4,9H,3,5H2,1-2H3/b8-6-. The van der Waals surface area contributed by atoms with Crippen molar-refractivity contribution in [3.63, 3.8) is 0 Å². The van der Waals surface area contributed by atoms with Crippen molar-refractivity contribution in [3.8, 4) is 0 Å². The predicted molar refractivity (Wildman–Crippen MR) is 34.1 cm³/mol. The van der Waals surface area contributed by atoms with Crippen molar-refractivity contribution in [2.75, 3.05) is 13.6 Å². The molecular weight excluding hydrogens is 136 g/mol. The van der Waals surface area contributed by atoms with Gasteiger partial charge in [-0.05, 0) is 6.92 Å². The summed E-state index contributed by atoms with van der Waals surface area (Å²) in [6.45, 7) is 2.11. The lowest BCUT2D eigenvalue weighted by molar-refractivity contribution is -0.704. The van der Waals surface area contributed by atoms with E-state index in [2.05, 4.69) is 5.28 Å². The van der Waals surface area contributed by atoms with E-state index in [1.54, 1.807) is 6.92 Å². The highest BCUT2D eigenvalue weighted by molar-refractivity contribution is 4.51. The van der Waals surface area contributed by atoms with Crippen LogP contribution in [0, 0.1) is 5.21 Å². The minimum absolute atomic E-state index is 0.0728. The number of nitrogens with zero attached hydrogens (tertiary/aromatic N) is 3. The molecule has 0 fully saturated rings. The van der Waals surface area contributed by atoms with Gasteiger partial charge in [-0.25, -0.2) is 0 Å². The zero-order valence-electron chi connectivity index (χ0n) is 6.06. The number of rotatable bonds is 3. The largest absolute Gasteiger partial charge is 0.569 e. The Morgan fingerprint density at radius 2 is 2.40 bits per heavy atom. The molecule has 6 nitrogen and oxygen atoms in total. The number of hydrogen-bond donors (Lipinski definition) is 2. The average Bonchev–Trinajstić information content (AvgIpc) is 1.85. The third-order valence-corrected chi connectivity index (χ3v) is 0.921. The Morgan fingerprint density at radius 3 is 2.70 bits per heavy atom. The van der Waals surface area contributed by atoms with E-state index in [4.69, 9.17) is 10.9 Å². The molecule has 0 aliphatic carbocycles. The lowest BCUT2D eigenvalue weighted by atomic mass is 10.4. The molecular formula is C4H12N4O2. The summed E-state index contributed by atoms with van der Waals surface area (Å²) in [6.07, 6.45) is 0. The summed E-state index contributed by atoms with van der Waals surface area (Å²) in [5, 5.41) is 21.9. The van der Waals surface area contributed by atoms with Crippen molar-refractivity contribution in [2.45, 2.75) is 13.0 Å². The summed E-state index contributed by atoms with van der Waals surface area (Å²) in [6, 6.07) is -0.122. The van der Waals surface area contributed by atoms with Gasteiger partial charge in [0.15, 0.2) is 0 Å². The van der Waals surface area contributed by atoms with Crippen LogP contribution in [-0.4, -0.2) is 34.8 Å². The number of likely N-dealkylation sites (N-methyl/N-ethyl adjacent to an activating group) is 1.